The van der Waals surface area contributed by atoms with Crippen molar-refractivity contribution in [3.8, 4) is 28.3 Å². The summed E-state index contributed by atoms with van der Waals surface area (Å²) >= 11 is 0. The monoisotopic (exact) mass is 480 g/mol. The Kier molecular flexibility index (Phi) is 6.06. The fourth-order valence-corrected chi connectivity index (χ4v) is 4.59. The van der Waals surface area contributed by atoms with Crippen LogP contribution in [0.3, 0.4) is 0 Å². The molecule has 3 heterocycles. The number of nitrogens with zero attached hydrogens (tertiary/aromatic N) is 2. The molecule has 2 aromatic heterocycles. The quantitative estimate of drug-likeness (QED) is 0.355. The van der Waals surface area contributed by atoms with Gasteiger partial charge in [-0.2, -0.15) is 0 Å². The fraction of sp³-hybridized carbons (Fsp3) is 0.259. The lowest BCUT2D eigenvalue weighted by Gasteiger charge is -2.18. The van der Waals surface area contributed by atoms with Gasteiger partial charge < -0.3 is 9.15 Å². The summed E-state index contributed by atoms with van der Waals surface area (Å²) < 4.78 is 55.2. The van der Waals surface area contributed by atoms with E-state index in [-0.39, 0.29) is 28.6 Å². The largest absolute Gasteiger partial charge is 0.440 e. The first-order chi connectivity index (χ1) is 16.8. The Labute approximate surface area is 199 Å². The average Bonchev–Trinajstić information content (AvgIpc) is 3.25. The van der Waals surface area contributed by atoms with Gasteiger partial charge in [0.25, 0.3) is 5.56 Å². The number of pyridine rings is 1. The first-order valence-corrected chi connectivity index (χ1v) is 11.4. The third kappa shape index (κ3) is 4.41. The predicted molar refractivity (Wildman–Crippen MR) is 125 cm³/mol. The Bertz CT molecular complexity index is 1450. The van der Waals surface area contributed by atoms with Gasteiger partial charge in [-0.05, 0) is 68.1 Å². The maximum absolute atomic E-state index is 14.8. The summed E-state index contributed by atoms with van der Waals surface area (Å²) in [6.45, 7) is 4.58. The van der Waals surface area contributed by atoms with E-state index in [1.807, 2.05) is 0 Å². The molecule has 0 spiro atoms. The summed E-state index contributed by atoms with van der Waals surface area (Å²) in [7, 11) is 0. The van der Waals surface area contributed by atoms with E-state index in [0.29, 0.717) is 60.0 Å². The normalized spacial score (nSPS) is 14.4. The van der Waals surface area contributed by atoms with Crippen LogP contribution in [0.2, 0.25) is 0 Å². The summed E-state index contributed by atoms with van der Waals surface area (Å²) in [6, 6.07) is 8.95. The molecule has 35 heavy (non-hydrogen) atoms. The molecule has 0 aliphatic carbocycles. The van der Waals surface area contributed by atoms with Crippen LogP contribution in [0.1, 0.15) is 35.8 Å². The zero-order valence-electron chi connectivity index (χ0n) is 19.3. The minimum Gasteiger partial charge on any atom is -0.440 e. The predicted octanol–water partition coefficient (Wildman–Crippen LogP) is 6.09. The van der Waals surface area contributed by atoms with Crippen LogP contribution in [-0.4, -0.2) is 22.8 Å². The Morgan fingerprint density at radius 3 is 2.34 bits per heavy atom. The summed E-state index contributed by atoms with van der Waals surface area (Å²) in [5, 5.41) is 0. The molecule has 1 fully saturated rings. The van der Waals surface area contributed by atoms with E-state index in [4.69, 9.17) is 14.1 Å². The van der Waals surface area contributed by atoms with E-state index in [0.717, 1.165) is 12.1 Å². The van der Waals surface area contributed by atoms with Crippen molar-refractivity contribution in [3.05, 3.63) is 93.5 Å². The van der Waals surface area contributed by atoms with Gasteiger partial charge in [-0.25, -0.2) is 18.2 Å². The van der Waals surface area contributed by atoms with Crippen LogP contribution >= 0.6 is 0 Å². The lowest BCUT2D eigenvalue weighted by molar-refractivity contribution is 0.0796. The standard InChI is InChI=1S/C27H23F3N2O3/c1-15-11-20(29)12-16(2)25(15)32-14-18(3-6-23(32)33)24-26(21-5-4-19(28)13-22(21)30)35-27(31-24)17-7-9-34-10-8-17/h3-6,11-14,17H,7-10H2,1-2H3. The van der Waals surface area contributed by atoms with Crippen LogP contribution in [-0.2, 0) is 4.74 Å². The van der Waals surface area contributed by atoms with Crippen molar-refractivity contribution in [3.63, 3.8) is 0 Å². The summed E-state index contributed by atoms with van der Waals surface area (Å²) in [5.74, 6) is -1.28. The van der Waals surface area contributed by atoms with E-state index in [9.17, 15) is 18.0 Å². The highest BCUT2D eigenvalue weighted by molar-refractivity contribution is 5.77. The van der Waals surface area contributed by atoms with E-state index in [2.05, 4.69) is 0 Å². The first kappa shape index (κ1) is 23.1. The molecular weight excluding hydrogens is 457 g/mol. The first-order valence-electron chi connectivity index (χ1n) is 11.4. The van der Waals surface area contributed by atoms with Gasteiger partial charge in [-0.3, -0.25) is 9.36 Å². The molecule has 180 valence electrons. The van der Waals surface area contributed by atoms with Crippen molar-refractivity contribution >= 4 is 0 Å². The Balaban J connectivity index is 1.70. The number of hydrogen-bond donors (Lipinski definition) is 0. The highest BCUT2D eigenvalue weighted by Gasteiger charge is 2.26. The van der Waals surface area contributed by atoms with Crippen LogP contribution in [0, 0.1) is 31.3 Å². The number of oxazole rings is 1. The Morgan fingerprint density at radius 1 is 0.943 bits per heavy atom. The highest BCUT2D eigenvalue weighted by atomic mass is 19.1. The van der Waals surface area contributed by atoms with Crippen LogP contribution in [0.25, 0.3) is 28.3 Å². The number of hydrogen-bond acceptors (Lipinski definition) is 4. The second-order valence-corrected chi connectivity index (χ2v) is 8.75. The molecule has 8 heteroatoms. The molecule has 1 aliphatic heterocycles. The van der Waals surface area contributed by atoms with Gasteiger partial charge >= 0.3 is 0 Å². The molecule has 5 nitrogen and oxygen atoms in total. The fourth-order valence-electron chi connectivity index (χ4n) is 4.59. The SMILES string of the molecule is Cc1cc(F)cc(C)c1-n1cc(-c2nc(C3CCOCC3)oc2-c2ccc(F)cc2F)ccc1=O. The zero-order valence-corrected chi connectivity index (χ0v) is 19.3. The lowest BCUT2D eigenvalue weighted by atomic mass is 10.0. The van der Waals surface area contributed by atoms with E-state index in [1.165, 1.54) is 28.8 Å². The van der Waals surface area contributed by atoms with Crippen molar-refractivity contribution < 1.29 is 22.3 Å². The molecule has 0 amide bonds. The molecule has 2 aromatic carbocycles. The van der Waals surface area contributed by atoms with Crippen molar-refractivity contribution in [2.45, 2.75) is 32.6 Å². The van der Waals surface area contributed by atoms with Crippen LogP contribution in [0.15, 0.2) is 57.9 Å². The van der Waals surface area contributed by atoms with Gasteiger partial charge in [0.2, 0.25) is 0 Å². The average molecular weight is 480 g/mol. The third-order valence-electron chi connectivity index (χ3n) is 6.27. The summed E-state index contributed by atoms with van der Waals surface area (Å²) in [4.78, 5) is 17.5. The minimum atomic E-state index is -0.778. The van der Waals surface area contributed by atoms with Gasteiger partial charge in [-0.15, -0.1) is 0 Å². The van der Waals surface area contributed by atoms with Gasteiger partial charge in [0.15, 0.2) is 11.7 Å². The van der Waals surface area contributed by atoms with Crippen molar-refractivity contribution in [2.24, 2.45) is 0 Å². The number of halogens is 3. The van der Waals surface area contributed by atoms with Crippen LogP contribution in [0.4, 0.5) is 13.2 Å². The molecule has 5 rings (SSSR count). The second-order valence-electron chi connectivity index (χ2n) is 8.75. The number of benzene rings is 2. The van der Waals surface area contributed by atoms with E-state index in [1.54, 1.807) is 26.1 Å². The number of rotatable bonds is 4. The Morgan fingerprint density at radius 2 is 1.66 bits per heavy atom. The van der Waals surface area contributed by atoms with Gasteiger partial charge in [0, 0.05) is 43.0 Å². The zero-order chi connectivity index (χ0) is 24.7. The third-order valence-corrected chi connectivity index (χ3v) is 6.27. The highest BCUT2D eigenvalue weighted by Crippen LogP contribution is 2.38. The summed E-state index contributed by atoms with van der Waals surface area (Å²) in [5.41, 5.74) is 2.34. The maximum Gasteiger partial charge on any atom is 0.255 e. The smallest absolute Gasteiger partial charge is 0.255 e. The van der Waals surface area contributed by atoms with Gasteiger partial charge in [0.05, 0.1) is 11.3 Å². The molecular formula is C27H23F3N2O3. The van der Waals surface area contributed by atoms with Crippen LogP contribution in [0.5, 0.6) is 0 Å². The molecule has 0 N–H and O–H groups in total. The van der Waals surface area contributed by atoms with Crippen molar-refractivity contribution in [2.75, 3.05) is 13.2 Å². The summed E-state index contributed by atoms with van der Waals surface area (Å²) in [6.07, 6.45) is 3.00. The molecule has 4 aromatic rings. The molecule has 0 radical (unpaired) electrons. The minimum absolute atomic E-state index is 0.00717. The van der Waals surface area contributed by atoms with Crippen molar-refractivity contribution in [1.82, 2.24) is 9.55 Å². The molecule has 1 aliphatic rings. The van der Waals surface area contributed by atoms with E-state index >= 15 is 0 Å². The van der Waals surface area contributed by atoms with Crippen LogP contribution < -0.4 is 5.56 Å². The molecule has 0 atom stereocenters. The van der Waals surface area contributed by atoms with E-state index < -0.39 is 11.6 Å². The molecule has 0 saturated carbocycles. The molecule has 0 bridgehead atoms. The van der Waals surface area contributed by atoms with Gasteiger partial charge in [-0.1, -0.05) is 0 Å². The van der Waals surface area contributed by atoms with Crippen molar-refractivity contribution in [1.29, 1.82) is 0 Å². The second kappa shape index (κ2) is 9.19. The van der Waals surface area contributed by atoms with Gasteiger partial charge in [0.1, 0.15) is 23.1 Å². The molecule has 1 saturated heterocycles. The molecule has 0 unspecified atom stereocenters. The topological polar surface area (TPSA) is 57.3 Å². The Hall–Kier alpha value is -3.65. The number of ether oxygens (including phenoxy) is 1. The number of aromatic nitrogens is 2. The lowest BCUT2D eigenvalue weighted by Crippen LogP contribution is -2.18. The number of aryl methyl sites for hydroxylation is 2. The maximum atomic E-state index is 14.8.